The van der Waals surface area contributed by atoms with Gasteiger partial charge in [-0.05, 0) is 17.7 Å². The first-order valence-electron chi connectivity index (χ1n) is 5.34. The van der Waals surface area contributed by atoms with Crippen molar-refractivity contribution in [3.05, 3.63) is 62.9 Å². The molecule has 0 fully saturated rings. The second-order valence-electron chi connectivity index (χ2n) is 3.69. The summed E-state index contributed by atoms with van der Waals surface area (Å²) < 4.78 is 5.02. The number of benzene rings is 1. The van der Waals surface area contributed by atoms with Crippen LogP contribution in [0, 0.1) is 10.1 Å². The molecule has 1 N–H and O–H groups in total. The number of hydrogen-bond acceptors (Lipinski definition) is 4. The zero-order valence-corrected chi connectivity index (χ0v) is 10.2. The van der Waals surface area contributed by atoms with Crippen molar-refractivity contribution >= 4 is 17.5 Å². The van der Waals surface area contributed by atoms with E-state index in [1.807, 2.05) is 24.3 Å². The maximum atomic E-state index is 10.4. The zero-order chi connectivity index (χ0) is 13.0. The highest BCUT2D eigenvalue weighted by atomic mass is 35.5. The van der Waals surface area contributed by atoms with Gasteiger partial charge in [0.1, 0.15) is 10.7 Å². The summed E-state index contributed by atoms with van der Waals surface area (Å²) in [5.41, 5.74) is 0.972. The average molecular weight is 267 g/mol. The lowest BCUT2D eigenvalue weighted by Crippen LogP contribution is -2.12. The van der Waals surface area contributed by atoms with Gasteiger partial charge >= 0.3 is 5.88 Å². The largest absolute Gasteiger partial charge is 0.433 e. The van der Waals surface area contributed by atoms with Crippen molar-refractivity contribution in [3.8, 4) is 0 Å². The number of nitrogens with zero attached hydrogens (tertiary/aromatic N) is 1. The maximum Gasteiger partial charge on any atom is 0.433 e. The number of halogens is 1. The van der Waals surface area contributed by atoms with Crippen molar-refractivity contribution in [3.63, 3.8) is 0 Å². The average Bonchev–Trinajstić information content (AvgIpc) is 2.80. The van der Waals surface area contributed by atoms with E-state index in [0.717, 1.165) is 5.56 Å². The molecule has 0 bridgehead atoms. The third-order valence-corrected chi connectivity index (χ3v) is 2.77. The first kappa shape index (κ1) is 12.6. The van der Waals surface area contributed by atoms with Gasteiger partial charge in [0.05, 0.1) is 12.6 Å². The van der Waals surface area contributed by atoms with Crippen LogP contribution in [0.1, 0.15) is 11.3 Å². The van der Waals surface area contributed by atoms with E-state index in [4.69, 9.17) is 16.0 Å². The first-order chi connectivity index (χ1) is 8.66. The van der Waals surface area contributed by atoms with Crippen molar-refractivity contribution in [2.45, 2.75) is 13.1 Å². The Balaban J connectivity index is 1.88. The number of nitro groups is 1. The Hall–Kier alpha value is -1.85. The Kier molecular flexibility index (Phi) is 3.96. The molecular formula is C12H11ClN2O3. The Bertz CT molecular complexity index is 554. The standard InChI is InChI=1S/C12H11ClN2O3/c13-11-4-2-1-3-9(11)7-14-8-10-5-6-12(18-10)15(16)17/h1-6,14H,7-8H2. The van der Waals surface area contributed by atoms with Crippen LogP contribution < -0.4 is 5.32 Å². The van der Waals surface area contributed by atoms with Crippen molar-refractivity contribution in [1.82, 2.24) is 5.32 Å². The van der Waals surface area contributed by atoms with Crippen molar-refractivity contribution in [1.29, 1.82) is 0 Å². The molecule has 5 nitrogen and oxygen atoms in total. The van der Waals surface area contributed by atoms with Gasteiger partial charge in [0.15, 0.2) is 0 Å². The van der Waals surface area contributed by atoms with Crippen LogP contribution in [-0.4, -0.2) is 4.92 Å². The molecule has 0 saturated carbocycles. The second kappa shape index (κ2) is 5.66. The second-order valence-corrected chi connectivity index (χ2v) is 4.10. The highest BCUT2D eigenvalue weighted by molar-refractivity contribution is 6.31. The van der Waals surface area contributed by atoms with Gasteiger partial charge < -0.3 is 9.73 Å². The Morgan fingerprint density at radius 1 is 1.22 bits per heavy atom. The van der Waals surface area contributed by atoms with Crippen molar-refractivity contribution in [2.24, 2.45) is 0 Å². The first-order valence-corrected chi connectivity index (χ1v) is 5.72. The predicted molar refractivity (Wildman–Crippen MR) is 67.4 cm³/mol. The minimum atomic E-state index is -0.558. The number of furan rings is 1. The normalized spacial score (nSPS) is 10.5. The van der Waals surface area contributed by atoms with Crippen LogP contribution in [0.3, 0.4) is 0 Å². The molecule has 0 unspecified atom stereocenters. The Morgan fingerprint density at radius 2 is 2.00 bits per heavy atom. The molecule has 0 saturated heterocycles. The summed E-state index contributed by atoms with van der Waals surface area (Å²) in [5, 5.41) is 14.2. The third kappa shape index (κ3) is 3.09. The molecule has 0 spiro atoms. The predicted octanol–water partition coefficient (Wildman–Crippen LogP) is 3.13. The molecule has 0 amide bonds. The van der Waals surface area contributed by atoms with Crippen LogP contribution >= 0.6 is 11.6 Å². The SMILES string of the molecule is O=[N+]([O-])c1ccc(CNCc2ccccc2Cl)o1. The molecule has 94 valence electrons. The molecular weight excluding hydrogens is 256 g/mol. The fourth-order valence-corrected chi connectivity index (χ4v) is 1.72. The molecule has 2 aromatic rings. The van der Waals surface area contributed by atoms with Gasteiger partial charge in [0.2, 0.25) is 0 Å². The third-order valence-electron chi connectivity index (χ3n) is 2.40. The molecule has 1 aromatic heterocycles. The quantitative estimate of drug-likeness (QED) is 0.667. The van der Waals surface area contributed by atoms with Gasteiger partial charge in [0.25, 0.3) is 0 Å². The van der Waals surface area contributed by atoms with E-state index >= 15 is 0 Å². The molecule has 1 aromatic carbocycles. The van der Waals surface area contributed by atoms with Crippen LogP contribution in [0.2, 0.25) is 5.02 Å². The van der Waals surface area contributed by atoms with E-state index in [-0.39, 0.29) is 5.88 Å². The van der Waals surface area contributed by atoms with E-state index in [9.17, 15) is 10.1 Å². The van der Waals surface area contributed by atoms with E-state index in [2.05, 4.69) is 5.32 Å². The van der Waals surface area contributed by atoms with Crippen LogP contribution in [0.15, 0.2) is 40.8 Å². The Morgan fingerprint density at radius 3 is 2.67 bits per heavy atom. The zero-order valence-electron chi connectivity index (χ0n) is 9.43. The smallest absolute Gasteiger partial charge is 0.404 e. The number of nitrogens with one attached hydrogen (secondary N) is 1. The molecule has 1 heterocycles. The molecule has 0 atom stereocenters. The minimum Gasteiger partial charge on any atom is -0.404 e. The lowest BCUT2D eigenvalue weighted by molar-refractivity contribution is -0.402. The van der Waals surface area contributed by atoms with Gasteiger partial charge in [-0.25, -0.2) is 0 Å². The number of rotatable bonds is 5. The van der Waals surface area contributed by atoms with Crippen molar-refractivity contribution in [2.75, 3.05) is 0 Å². The lowest BCUT2D eigenvalue weighted by atomic mass is 10.2. The van der Waals surface area contributed by atoms with Crippen LogP contribution in [0.5, 0.6) is 0 Å². The number of hydrogen-bond donors (Lipinski definition) is 1. The van der Waals surface area contributed by atoms with E-state index in [1.54, 1.807) is 6.07 Å². The lowest BCUT2D eigenvalue weighted by Gasteiger charge is -2.04. The maximum absolute atomic E-state index is 10.4. The summed E-state index contributed by atoms with van der Waals surface area (Å²) in [4.78, 5) is 9.87. The summed E-state index contributed by atoms with van der Waals surface area (Å²) in [6.07, 6.45) is 0. The molecule has 0 aliphatic rings. The van der Waals surface area contributed by atoms with Gasteiger partial charge in [-0.15, -0.1) is 0 Å². The summed E-state index contributed by atoms with van der Waals surface area (Å²) in [7, 11) is 0. The monoisotopic (exact) mass is 266 g/mol. The molecule has 0 aliphatic heterocycles. The summed E-state index contributed by atoms with van der Waals surface area (Å²) in [5.74, 6) is 0.276. The fourth-order valence-electron chi connectivity index (χ4n) is 1.52. The van der Waals surface area contributed by atoms with Gasteiger partial charge in [-0.1, -0.05) is 29.8 Å². The van der Waals surface area contributed by atoms with Crippen molar-refractivity contribution < 1.29 is 9.34 Å². The van der Waals surface area contributed by atoms with Gasteiger partial charge in [-0.3, -0.25) is 10.1 Å². The van der Waals surface area contributed by atoms with Crippen LogP contribution in [0.25, 0.3) is 0 Å². The summed E-state index contributed by atoms with van der Waals surface area (Å²) in [6, 6.07) is 10.4. The molecule has 6 heteroatoms. The topological polar surface area (TPSA) is 68.3 Å². The van der Waals surface area contributed by atoms with E-state index in [1.165, 1.54) is 6.07 Å². The fraction of sp³-hybridized carbons (Fsp3) is 0.167. The minimum absolute atomic E-state index is 0.246. The van der Waals surface area contributed by atoms with Gasteiger partial charge in [-0.2, -0.15) is 0 Å². The van der Waals surface area contributed by atoms with Crippen LogP contribution in [-0.2, 0) is 13.1 Å². The van der Waals surface area contributed by atoms with Crippen LogP contribution in [0.4, 0.5) is 5.88 Å². The summed E-state index contributed by atoms with van der Waals surface area (Å²) >= 11 is 6.00. The highest BCUT2D eigenvalue weighted by Gasteiger charge is 2.11. The van der Waals surface area contributed by atoms with E-state index < -0.39 is 4.92 Å². The highest BCUT2D eigenvalue weighted by Crippen LogP contribution is 2.17. The van der Waals surface area contributed by atoms with E-state index in [0.29, 0.717) is 23.9 Å². The molecule has 18 heavy (non-hydrogen) atoms. The molecule has 2 rings (SSSR count). The Labute approximate surface area is 109 Å². The summed E-state index contributed by atoms with van der Waals surface area (Å²) in [6.45, 7) is 0.993. The molecule has 0 radical (unpaired) electrons. The molecule has 0 aliphatic carbocycles. The van der Waals surface area contributed by atoms with Gasteiger partial charge in [0, 0.05) is 11.6 Å².